The number of hydrogen-bond donors (Lipinski definition) is 0. The molecule has 0 N–H and O–H groups in total. The van der Waals surface area contributed by atoms with Crippen molar-refractivity contribution in [2.45, 2.75) is 20.8 Å². The molecule has 0 fully saturated rings. The van der Waals surface area contributed by atoms with Crippen LogP contribution in [0.2, 0.25) is 0 Å². The van der Waals surface area contributed by atoms with Crippen LogP contribution < -0.4 is 0 Å². The van der Waals surface area contributed by atoms with Gasteiger partial charge in [0.2, 0.25) is 0 Å². The van der Waals surface area contributed by atoms with Gasteiger partial charge in [0.15, 0.2) is 0 Å². The van der Waals surface area contributed by atoms with Crippen molar-refractivity contribution in [2.75, 3.05) is 0 Å². The van der Waals surface area contributed by atoms with Crippen LogP contribution >= 0.6 is 11.3 Å². The maximum atomic E-state index is 4.70. The maximum Gasteiger partial charge on any atom is 0.118 e. The van der Waals surface area contributed by atoms with E-state index < -0.39 is 0 Å². The maximum absolute atomic E-state index is 4.70. The van der Waals surface area contributed by atoms with Crippen LogP contribution in [0.5, 0.6) is 0 Å². The zero-order chi connectivity index (χ0) is 16.0. The Kier molecular flexibility index (Phi) is 3.20. The predicted octanol–water partition coefficient (Wildman–Crippen LogP) is 3.86. The standard InChI is InChI=1S/C17H15N5S/c1-10-15-14(9-22(21-15)13-7-5-4-6-8-13)16(20-19-10)17-11(2)18-12(3)23-17/h4-9H,1-3H3. The Labute approximate surface area is 137 Å². The molecule has 0 amide bonds. The van der Waals surface area contributed by atoms with Gasteiger partial charge in [0.05, 0.1) is 32.3 Å². The Bertz CT molecular complexity index is 1000. The van der Waals surface area contributed by atoms with Crippen LogP contribution in [-0.4, -0.2) is 25.0 Å². The largest absolute Gasteiger partial charge is 0.246 e. The first-order chi connectivity index (χ1) is 11.1. The van der Waals surface area contributed by atoms with Gasteiger partial charge in [0.1, 0.15) is 11.2 Å². The van der Waals surface area contributed by atoms with E-state index in [0.29, 0.717) is 0 Å². The summed E-state index contributed by atoms with van der Waals surface area (Å²) < 4.78 is 1.88. The molecule has 6 heteroatoms. The summed E-state index contributed by atoms with van der Waals surface area (Å²) in [6.45, 7) is 5.95. The van der Waals surface area contributed by atoms with E-state index in [0.717, 1.165) is 43.6 Å². The van der Waals surface area contributed by atoms with Gasteiger partial charge in [-0.2, -0.15) is 10.2 Å². The van der Waals surface area contributed by atoms with E-state index in [-0.39, 0.29) is 0 Å². The van der Waals surface area contributed by atoms with Gasteiger partial charge < -0.3 is 0 Å². The summed E-state index contributed by atoms with van der Waals surface area (Å²) in [4.78, 5) is 5.57. The van der Waals surface area contributed by atoms with Gasteiger partial charge >= 0.3 is 0 Å². The Morgan fingerprint density at radius 2 is 1.74 bits per heavy atom. The van der Waals surface area contributed by atoms with Gasteiger partial charge in [-0.05, 0) is 32.9 Å². The molecule has 0 spiro atoms. The zero-order valence-electron chi connectivity index (χ0n) is 13.1. The lowest BCUT2D eigenvalue weighted by atomic mass is 10.2. The third-order valence-corrected chi connectivity index (χ3v) is 4.83. The molecule has 23 heavy (non-hydrogen) atoms. The summed E-state index contributed by atoms with van der Waals surface area (Å²) in [5.41, 5.74) is 4.57. The molecule has 0 radical (unpaired) electrons. The number of rotatable bonds is 2. The Morgan fingerprint density at radius 3 is 2.43 bits per heavy atom. The highest BCUT2D eigenvalue weighted by atomic mass is 32.1. The van der Waals surface area contributed by atoms with E-state index in [9.17, 15) is 0 Å². The van der Waals surface area contributed by atoms with Gasteiger partial charge in [-0.1, -0.05) is 18.2 Å². The number of nitrogens with zero attached hydrogens (tertiary/aromatic N) is 5. The summed E-state index contributed by atoms with van der Waals surface area (Å²) in [5, 5.41) is 15.5. The van der Waals surface area contributed by atoms with Crippen molar-refractivity contribution in [1.82, 2.24) is 25.0 Å². The molecule has 0 aliphatic carbocycles. The molecule has 0 aliphatic heterocycles. The van der Waals surface area contributed by atoms with E-state index in [4.69, 9.17) is 5.10 Å². The molecule has 0 saturated carbocycles. The van der Waals surface area contributed by atoms with Gasteiger partial charge in [-0.25, -0.2) is 9.67 Å². The summed E-state index contributed by atoms with van der Waals surface area (Å²) >= 11 is 1.64. The van der Waals surface area contributed by atoms with Gasteiger partial charge in [0, 0.05) is 6.20 Å². The molecular formula is C17H15N5S. The molecule has 3 aromatic heterocycles. The minimum Gasteiger partial charge on any atom is -0.246 e. The second-order valence-electron chi connectivity index (χ2n) is 5.45. The van der Waals surface area contributed by atoms with Gasteiger partial charge in [-0.3, -0.25) is 0 Å². The van der Waals surface area contributed by atoms with E-state index in [1.165, 1.54) is 0 Å². The molecular weight excluding hydrogens is 306 g/mol. The van der Waals surface area contributed by atoms with Crippen molar-refractivity contribution in [2.24, 2.45) is 0 Å². The third-order valence-electron chi connectivity index (χ3n) is 3.75. The topological polar surface area (TPSA) is 56.5 Å². The monoisotopic (exact) mass is 321 g/mol. The van der Waals surface area contributed by atoms with Crippen LogP contribution in [0.15, 0.2) is 36.5 Å². The minimum absolute atomic E-state index is 0.831. The van der Waals surface area contributed by atoms with Gasteiger partial charge in [-0.15, -0.1) is 16.4 Å². The van der Waals surface area contributed by atoms with E-state index in [1.807, 2.05) is 62.0 Å². The Balaban J connectivity index is 1.98. The average molecular weight is 321 g/mol. The van der Waals surface area contributed by atoms with Crippen molar-refractivity contribution >= 4 is 22.2 Å². The zero-order valence-corrected chi connectivity index (χ0v) is 13.9. The number of fused-ring (bicyclic) bond motifs is 1. The first-order valence-corrected chi connectivity index (χ1v) is 8.17. The molecule has 114 valence electrons. The number of hydrogen-bond acceptors (Lipinski definition) is 5. The van der Waals surface area contributed by atoms with Crippen molar-refractivity contribution in [3.63, 3.8) is 0 Å². The smallest absolute Gasteiger partial charge is 0.118 e. The fourth-order valence-electron chi connectivity index (χ4n) is 2.67. The SMILES string of the molecule is Cc1nc(C)c(-c2nnc(C)c3nn(-c4ccccc4)cc23)s1. The molecule has 0 unspecified atom stereocenters. The van der Waals surface area contributed by atoms with Crippen LogP contribution in [0.3, 0.4) is 0 Å². The number of aromatic nitrogens is 5. The molecule has 0 atom stereocenters. The van der Waals surface area contributed by atoms with Crippen LogP contribution in [0.4, 0.5) is 0 Å². The molecule has 4 rings (SSSR count). The summed E-state index contributed by atoms with van der Waals surface area (Å²) in [6.07, 6.45) is 2.02. The molecule has 3 heterocycles. The number of thiazole rings is 1. The quantitative estimate of drug-likeness (QED) is 0.562. The van der Waals surface area contributed by atoms with Crippen LogP contribution in [0.25, 0.3) is 27.2 Å². The first-order valence-electron chi connectivity index (χ1n) is 7.36. The lowest BCUT2D eigenvalue weighted by molar-refractivity contribution is 0.891. The van der Waals surface area contributed by atoms with Crippen LogP contribution in [0, 0.1) is 20.8 Å². The minimum atomic E-state index is 0.831. The number of para-hydroxylation sites is 1. The van der Waals surface area contributed by atoms with Crippen molar-refractivity contribution in [3.8, 4) is 16.3 Å². The highest BCUT2D eigenvalue weighted by Crippen LogP contribution is 2.33. The van der Waals surface area contributed by atoms with E-state index in [1.54, 1.807) is 11.3 Å². The third kappa shape index (κ3) is 2.31. The van der Waals surface area contributed by atoms with E-state index in [2.05, 4.69) is 15.2 Å². The van der Waals surface area contributed by atoms with Crippen molar-refractivity contribution in [3.05, 3.63) is 52.9 Å². The molecule has 0 saturated heterocycles. The molecule has 0 aliphatic rings. The fourth-order valence-corrected chi connectivity index (χ4v) is 3.59. The average Bonchev–Trinajstić information content (AvgIpc) is 3.13. The normalized spacial score (nSPS) is 11.3. The van der Waals surface area contributed by atoms with Crippen molar-refractivity contribution < 1.29 is 0 Å². The predicted molar refractivity (Wildman–Crippen MR) is 92.0 cm³/mol. The molecule has 0 bridgehead atoms. The molecule has 4 aromatic rings. The van der Waals surface area contributed by atoms with E-state index >= 15 is 0 Å². The highest BCUT2D eigenvalue weighted by Gasteiger charge is 2.17. The first kappa shape index (κ1) is 14.0. The molecule has 5 nitrogen and oxygen atoms in total. The summed E-state index contributed by atoms with van der Waals surface area (Å²) in [6, 6.07) is 10.1. The van der Waals surface area contributed by atoms with Crippen LogP contribution in [-0.2, 0) is 0 Å². The Morgan fingerprint density at radius 1 is 0.957 bits per heavy atom. The van der Waals surface area contributed by atoms with Crippen LogP contribution in [0.1, 0.15) is 16.4 Å². The summed E-state index contributed by atoms with van der Waals surface area (Å²) in [7, 11) is 0. The fraction of sp³-hybridized carbons (Fsp3) is 0.176. The van der Waals surface area contributed by atoms with Gasteiger partial charge in [0.25, 0.3) is 0 Å². The van der Waals surface area contributed by atoms with Crippen molar-refractivity contribution in [1.29, 1.82) is 0 Å². The number of aryl methyl sites for hydroxylation is 3. The Hall–Kier alpha value is -2.60. The summed E-state index contributed by atoms with van der Waals surface area (Å²) in [5.74, 6) is 0. The molecule has 1 aromatic carbocycles. The highest BCUT2D eigenvalue weighted by molar-refractivity contribution is 7.15. The number of benzene rings is 1. The second kappa shape index (κ2) is 5.24. The lowest BCUT2D eigenvalue weighted by Crippen LogP contribution is -1.94. The lowest BCUT2D eigenvalue weighted by Gasteiger charge is -2.00. The second-order valence-corrected chi connectivity index (χ2v) is 6.66.